The van der Waals surface area contributed by atoms with Crippen molar-refractivity contribution in [3.8, 4) is 0 Å². The summed E-state index contributed by atoms with van der Waals surface area (Å²) in [5.74, 6) is -0.110. The van der Waals surface area contributed by atoms with E-state index in [-0.39, 0.29) is 23.8 Å². The van der Waals surface area contributed by atoms with Crippen LogP contribution in [0.3, 0.4) is 0 Å². The van der Waals surface area contributed by atoms with Gasteiger partial charge in [0.05, 0.1) is 0 Å². The van der Waals surface area contributed by atoms with Crippen LogP contribution in [0.15, 0.2) is 12.1 Å². The minimum absolute atomic E-state index is 0.0720. The van der Waals surface area contributed by atoms with E-state index in [0.717, 1.165) is 17.5 Å². The van der Waals surface area contributed by atoms with Gasteiger partial charge >= 0.3 is 6.03 Å². The maximum Gasteiger partial charge on any atom is 0.315 e. The lowest BCUT2D eigenvalue weighted by Crippen LogP contribution is -2.27. The quantitative estimate of drug-likeness (QED) is 0.823. The van der Waals surface area contributed by atoms with E-state index in [1.54, 1.807) is 0 Å². The lowest BCUT2D eigenvalue weighted by molar-refractivity contribution is 0.247. The molecule has 0 radical (unpaired) electrons. The third-order valence-corrected chi connectivity index (χ3v) is 3.60. The van der Waals surface area contributed by atoms with Crippen molar-refractivity contribution in [3.05, 3.63) is 34.1 Å². The van der Waals surface area contributed by atoms with Crippen molar-refractivity contribution in [2.24, 2.45) is 0 Å². The molecule has 6 heteroatoms. The SMILES string of the molecule is O=C1NC[C@H](CCc2cc(F)cc(Cl)c2CCl)N1. The Labute approximate surface area is 115 Å². The van der Waals surface area contributed by atoms with Crippen molar-refractivity contribution in [2.75, 3.05) is 6.54 Å². The summed E-state index contributed by atoms with van der Waals surface area (Å²) in [6.07, 6.45) is 1.36. The Hall–Kier alpha value is -1.000. The fourth-order valence-electron chi connectivity index (χ4n) is 2.04. The Morgan fingerprint density at radius 2 is 2.22 bits per heavy atom. The molecule has 2 N–H and O–H groups in total. The van der Waals surface area contributed by atoms with Crippen LogP contribution in [0.4, 0.5) is 9.18 Å². The third kappa shape index (κ3) is 3.06. The number of benzene rings is 1. The van der Waals surface area contributed by atoms with Crippen molar-refractivity contribution in [1.29, 1.82) is 0 Å². The standard InChI is InChI=1S/C12H13Cl2FN2O/c13-5-10-7(3-8(15)4-11(10)14)1-2-9-6-16-12(18)17-9/h3-4,9H,1-2,5-6H2,(H2,16,17,18)/t9-/m0/s1. The summed E-state index contributed by atoms with van der Waals surface area (Å²) < 4.78 is 13.3. The second-order valence-electron chi connectivity index (χ2n) is 4.25. The first kappa shape index (κ1) is 13.4. The number of carbonyl (C=O) groups is 1. The molecule has 2 amide bonds. The summed E-state index contributed by atoms with van der Waals surface area (Å²) in [5.41, 5.74) is 1.56. The molecule has 18 heavy (non-hydrogen) atoms. The first-order valence-electron chi connectivity index (χ1n) is 5.67. The smallest absolute Gasteiger partial charge is 0.315 e. The Morgan fingerprint density at radius 1 is 1.44 bits per heavy atom. The molecule has 1 aliphatic heterocycles. The fraction of sp³-hybridized carbons (Fsp3) is 0.417. The fourth-order valence-corrected chi connectivity index (χ4v) is 2.71. The number of carbonyl (C=O) groups excluding carboxylic acids is 1. The van der Waals surface area contributed by atoms with E-state index in [0.29, 0.717) is 18.0 Å². The summed E-state index contributed by atoms with van der Waals surface area (Å²) in [6.45, 7) is 0.595. The molecule has 0 spiro atoms. The van der Waals surface area contributed by atoms with E-state index in [1.807, 2.05) is 0 Å². The molecule has 1 saturated heterocycles. The molecule has 1 atom stereocenters. The van der Waals surface area contributed by atoms with Gasteiger partial charge in [-0.25, -0.2) is 9.18 Å². The number of hydrogen-bond acceptors (Lipinski definition) is 1. The Balaban J connectivity index is 2.06. The van der Waals surface area contributed by atoms with E-state index in [1.165, 1.54) is 12.1 Å². The van der Waals surface area contributed by atoms with Crippen molar-refractivity contribution in [2.45, 2.75) is 24.8 Å². The number of hydrogen-bond donors (Lipinski definition) is 2. The van der Waals surface area contributed by atoms with E-state index in [2.05, 4.69) is 10.6 Å². The van der Waals surface area contributed by atoms with Gasteiger partial charge in [0.15, 0.2) is 0 Å². The summed E-state index contributed by atoms with van der Waals surface area (Å²) >= 11 is 11.8. The van der Waals surface area contributed by atoms with Crippen LogP contribution in [0, 0.1) is 5.82 Å². The minimum atomic E-state index is -0.363. The normalized spacial score (nSPS) is 18.6. The second kappa shape index (κ2) is 5.76. The zero-order valence-electron chi connectivity index (χ0n) is 9.60. The molecule has 0 unspecified atom stereocenters. The monoisotopic (exact) mass is 290 g/mol. The Bertz CT molecular complexity index is 468. The first-order chi connectivity index (χ1) is 8.60. The summed E-state index contributed by atoms with van der Waals surface area (Å²) in [4.78, 5) is 11.0. The van der Waals surface area contributed by atoms with E-state index < -0.39 is 0 Å². The molecule has 98 valence electrons. The van der Waals surface area contributed by atoms with Crippen LogP contribution in [0.5, 0.6) is 0 Å². The van der Waals surface area contributed by atoms with Crippen LogP contribution in [0.25, 0.3) is 0 Å². The van der Waals surface area contributed by atoms with Gasteiger partial charge in [-0.3, -0.25) is 0 Å². The number of halogens is 3. The summed E-state index contributed by atoms with van der Waals surface area (Å²) in [5, 5.41) is 5.82. The zero-order chi connectivity index (χ0) is 13.1. The topological polar surface area (TPSA) is 41.1 Å². The molecular weight excluding hydrogens is 278 g/mol. The summed E-state index contributed by atoms with van der Waals surface area (Å²) in [6, 6.07) is 2.63. The van der Waals surface area contributed by atoms with Crippen LogP contribution in [0.2, 0.25) is 5.02 Å². The molecule has 1 aromatic carbocycles. The van der Waals surface area contributed by atoms with Crippen molar-refractivity contribution in [1.82, 2.24) is 10.6 Å². The molecule has 0 aromatic heterocycles. The van der Waals surface area contributed by atoms with Crippen LogP contribution < -0.4 is 10.6 Å². The average molecular weight is 291 g/mol. The van der Waals surface area contributed by atoms with Gasteiger partial charge in [0, 0.05) is 23.5 Å². The van der Waals surface area contributed by atoms with Crippen molar-refractivity contribution >= 4 is 29.2 Å². The van der Waals surface area contributed by atoms with E-state index in [4.69, 9.17) is 23.2 Å². The Kier molecular flexibility index (Phi) is 4.30. The van der Waals surface area contributed by atoms with Gasteiger partial charge in [0.1, 0.15) is 5.82 Å². The van der Waals surface area contributed by atoms with Gasteiger partial charge < -0.3 is 10.6 Å². The number of nitrogens with one attached hydrogen (secondary N) is 2. The highest BCUT2D eigenvalue weighted by Crippen LogP contribution is 2.25. The molecule has 3 nitrogen and oxygen atoms in total. The van der Waals surface area contributed by atoms with Crippen molar-refractivity contribution < 1.29 is 9.18 Å². The van der Waals surface area contributed by atoms with Crippen molar-refractivity contribution in [3.63, 3.8) is 0 Å². The second-order valence-corrected chi connectivity index (χ2v) is 4.92. The molecule has 0 bridgehead atoms. The van der Waals surface area contributed by atoms with E-state index >= 15 is 0 Å². The van der Waals surface area contributed by atoms with Gasteiger partial charge in [0.25, 0.3) is 0 Å². The third-order valence-electron chi connectivity index (χ3n) is 2.99. The first-order valence-corrected chi connectivity index (χ1v) is 6.58. The molecular formula is C12H13Cl2FN2O. The Morgan fingerprint density at radius 3 is 2.83 bits per heavy atom. The molecule has 0 aliphatic carbocycles. The number of rotatable bonds is 4. The van der Waals surface area contributed by atoms with Crippen LogP contribution in [-0.2, 0) is 12.3 Å². The molecule has 1 heterocycles. The molecule has 0 saturated carbocycles. The van der Waals surface area contributed by atoms with Gasteiger partial charge in [-0.1, -0.05) is 11.6 Å². The molecule has 1 fully saturated rings. The highest BCUT2D eigenvalue weighted by atomic mass is 35.5. The van der Waals surface area contributed by atoms with Gasteiger partial charge in [-0.2, -0.15) is 0 Å². The van der Waals surface area contributed by atoms with Crippen LogP contribution in [0.1, 0.15) is 17.5 Å². The number of amides is 2. The van der Waals surface area contributed by atoms with Gasteiger partial charge in [-0.15, -0.1) is 11.6 Å². The van der Waals surface area contributed by atoms with Gasteiger partial charge in [0.2, 0.25) is 0 Å². The molecule has 2 rings (SSSR count). The molecule has 1 aromatic rings. The van der Waals surface area contributed by atoms with E-state index in [9.17, 15) is 9.18 Å². The number of alkyl halides is 1. The maximum absolute atomic E-state index is 13.3. The number of aryl methyl sites for hydroxylation is 1. The summed E-state index contributed by atoms with van der Waals surface area (Å²) in [7, 11) is 0. The predicted octanol–water partition coefficient (Wildman–Crippen LogP) is 2.83. The average Bonchev–Trinajstić information content (AvgIpc) is 2.72. The largest absolute Gasteiger partial charge is 0.336 e. The minimum Gasteiger partial charge on any atom is -0.336 e. The maximum atomic E-state index is 13.3. The highest BCUT2D eigenvalue weighted by Gasteiger charge is 2.20. The lowest BCUT2D eigenvalue weighted by atomic mass is 10.0. The number of urea groups is 1. The van der Waals surface area contributed by atoms with Crippen LogP contribution in [-0.4, -0.2) is 18.6 Å². The highest BCUT2D eigenvalue weighted by molar-refractivity contribution is 6.32. The molecule has 1 aliphatic rings. The van der Waals surface area contributed by atoms with Crippen LogP contribution >= 0.6 is 23.2 Å². The van der Waals surface area contributed by atoms with Gasteiger partial charge in [-0.05, 0) is 36.1 Å². The predicted molar refractivity (Wildman–Crippen MR) is 69.6 cm³/mol. The zero-order valence-corrected chi connectivity index (χ0v) is 11.1. The lowest BCUT2D eigenvalue weighted by Gasteiger charge is -2.12.